The molecule has 2 heteroatoms. The zero-order chi connectivity index (χ0) is 14.2. The quantitative estimate of drug-likeness (QED) is 0.893. The lowest BCUT2D eigenvalue weighted by Crippen LogP contribution is -2.24. The Bertz CT molecular complexity index is 614. The fourth-order valence-electron chi connectivity index (χ4n) is 3.04. The Balaban J connectivity index is 1.84. The Morgan fingerprint density at radius 2 is 1.75 bits per heavy atom. The van der Waals surface area contributed by atoms with E-state index in [-0.39, 0.29) is 0 Å². The summed E-state index contributed by atoms with van der Waals surface area (Å²) in [7, 11) is 0. The molecule has 3 rings (SSSR count). The number of rotatable bonds is 3. The summed E-state index contributed by atoms with van der Waals surface area (Å²) in [5.74, 6) is 0. The van der Waals surface area contributed by atoms with Gasteiger partial charge in [0.05, 0.1) is 5.60 Å². The number of fused-ring (bicyclic) bond motifs is 1. The maximum Gasteiger partial charge on any atom is 0.0908 e. The summed E-state index contributed by atoms with van der Waals surface area (Å²) in [5, 5.41) is 11.4. The van der Waals surface area contributed by atoms with Crippen LogP contribution in [0.4, 0.5) is 0 Å². The average Bonchev–Trinajstić information content (AvgIpc) is 2.86. The molecule has 1 atom stereocenters. The van der Waals surface area contributed by atoms with Gasteiger partial charge in [0.15, 0.2) is 0 Å². The summed E-state index contributed by atoms with van der Waals surface area (Å²) in [6.07, 6.45) is 4.25. The van der Waals surface area contributed by atoms with E-state index in [1.807, 2.05) is 31.2 Å². The molecule has 2 aromatic carbocycles. The molecule has 0 aromatic heterocycles. The summed E-state index contributed by atoms with van der Waals surface area (Å²) < 4.78 is 0. The maximum absolute atomic E-state index is 10.7. The van der Waals surface area contributed by atoms with Crippen molar-refractivity contribution in [2.24, 2.45) is 0 Å². The molecule has 0 radical (unpaired) electrons. The van der Waals surface area contributed by atoms with Gasteiger partial charge in [0, 0.05) is 11.4 Å². The van der Waals surface area contributed by atoms with Crippen LogP contribution in [0.5, 0.6) is 0 Å². The molecule has 0 spiro atoms. The van der Waals surface area contributed by atoms with Crippen LogP contribution in [0.2, 0.25) is 5.02 Å². The third-order valence-corrected chi connectivity index (χ3v) is 4.43. The molecule has 1 unspecified atom stereocenters. The van der Waals surface area contributed by atoms with Gasteiger partial charge in [0.25, 0.3) is 0 Å². The van der Waals surface area contributed by atoms with Crippen molar-refractivity contribution in [3.63, 3.8) is 0 Å². The van der Waals surface area contributed by atoms with Gasteiger partial charge in [0.2, 0.25) is 0 Å². The highest BCUT2D eigenvalue weighted by atomic mass is 35.5. The van der Waals surface area contributed by atoms with Crippen molar-refractivity contribution in [1.82, 2.24) is 0 Å². The van der Waals surface area contributed by atoms with Crippen molar-refractivity contribution < 1.29 is 5.11 Å². The standard InChI is InChI=1S/C18H19ClO/c1-18(20,16-7-9-17(19)10-8-16)12-13-5-6-14-3-2-4-15(14)11-13/h5-11,20H,2-4,12H2,1H3. The van der Waals surface area contributed by atoms with Gasteiger partial charge < -0.3 is 5.11 Å². The van der Waals surface area contributed by atoms with E-state index >= 15 is 0 Å². The molecule has 0 saturated heterocycles. The Labute approximate surface area is 125 Å². The van der Waals surface area contributed by atoms with Gasteiger partial charge in [-0.2, -0.15) is 0 Å². The smallest absolute Gasteiger partial charge is 0.0908 e. The molecule has 0 fully saturated rings. The van der Waals surface area contributed by atoms with Gasteiger partial charge in [0.1, 0.15) is 0 Å². The molecule has 0 saturated carbocycles. The Kier molecular flexibility index (Phi) is 3.57. The first-order valence-electron chi connectivity index (χ1n) is 7.14. The number of aliphatic hydroxyl groups is 1. The fraction of sp³-hybridized carbons (Fsp3) is 0.333. The lowest BCUT2D eigenvalue weighted by Gasteiger charge is -2.24. The lowest BCUT2D eigenvalue weighted by molar-refractivity contribution is 0.0576. The second kappa shape index (κ2) is 5.23. The van der Waals surface area contributed by atoms with Crippen LogP contribution in [0.1, 0.15) is 35.6 Å². The first kappa shape index (κ1) is 13.7. The van der Waals surface area contributed by atoms with Gasteiger partial charge in [-0.1, -0.05) is 41.9 Å². The SMILES string of the molecule is CC(O)(Cc1ccc2c(c1)CCC2)c1ccc(Cl)cc1. The molecule has 1 N–H and O–H groups in total. The van der Waals surface area contributed by atoms with Gasteiger partial charge in [-0.05, 0) is 60.6 Å². The monoisotopic (exact) mass is 286 g/mol. The summed E-state index contributed by atoms with van der Waals surface area (Å²) in [6.45, 7) is 1.86. The highest BCUT2D eigenvalue weighted by Crippen LogP contribution is 2.29. The summed E-state index contributed by atoms with van der Waals surface area (Å²) >= 11 is 5.90. The van der Waals surface area contributed by atoms with E-state index in [0.717, 1.165) is 5.56 Å². The van der Waals surface area contributed by atoms with E-state index < -0.39 is 5.60 Å². The zero-order valence-electron chi connectivity index (χ0n) is 11.7. The molecule has 0 amide bonds. The number of benzene rings is 2. The molecule has 0 bridgehead atoms. The fourth-order valence-corrected chi connectivity index (χ4v) is 3.17. The van der Waals surface area contributed by atoms with E-state index in [1.54, 1.807) is 0 Å². The van der Waals surface area contributed by atoms with E-state index in [4.69, 9.17) is 11.6 Å². The molecular weight excluding hydrogens is 268 g/mol. The molecule has 0 heterocycles. The van der Waals surface area contributed by atoms with Crippen molar-refractivity contribution in [2.45, 2.75) is 38.2 Å². The first-order chi connectivity index (χ1) is 9.54. The van der Waals surface area contributed by atoms with Crippen LogP contribution in [-0.2, 0) is 24.9 Å². The molecular formula is C18H19ClO. The van der Waals surface area contributed by atoms with Gasteiger partial charge in [-0.3, -0.25) is 0 Å². The molecule has 1 aliphatic carbocycles. The largest absolute Gasteiger partial charge is 0.385 e. The zero-order valence-corrected chi connectivity index (χ0v) is 12.5. The van der Waals surface area contributed by atoms with Gasteiger partial charge >= 0.3 is 0 Å². The third-order valence-electron chi connectivity index (χ3n) is 4.18. The molecule has 2 aromatic rings. The molecule has 104 valence electrons. The van der Waals surface area contributed by atoms with Crippen LogP contribution >= 0.6 is 11.6 Å². The molecule has 1 nitrogen and oxygen atoms in total. The van der Waals surface area contributed by atoms with E-state index in [2.05, 4.69) is 18.2 Å². The maximum atomic E-state index is 10.7. The normalized spacial score (nSPS) is 16.8. The van der Waals surface area contributed by atoms with Crippen molar-refractivity contribution in [3.05, 3.63) is 69.7 Å². The second-order valence-corrected chi connectivity index (χ2v) is 6.35. The van der Waals surface area contributed by atoms with Crippen molar-refractivity contribution in [1.29, 1.82) is 0 Å². The second-order valence-electron chi connectivity index (χ2n) is 5.91. The average molecular weight is 287 g/mol. The van der Waals surface area contributed by atoms with E-state index in [9.17, 15) is 5.11 Å². The van der Waals surface area contributed by atoms with Crippen LogP contribution in [0.15, 0.2) is 42.5 Å². The Morgan fingerprint density at radius 3 is 2.50 bits per heavy atom. The Hall–Kier alpha value is -1.31. The van der Waals surface area contributed by atoms with E-state index in [1.165, 1.54) is 36.0 Å². The van der Waals surface area contributed by atoms with Gasteiger partial charge in [-0.25, -0.2) is 0 Å². The highest BCUT2D eigenvalue weighted by molar-refractivity contribution is 6.30. The van der Waals surface area contributed by atoms with E-state index in [0.29, 0.717) is 11.4 Å². The van der Waals surface area contributed by atoms with Crippen LogP contribution in [-0.4, -0.2) is 5.11 Å². The molecule has 1 aliphatic rings. The van der Waals surface area contributed by atoms with Crippen molar-refractivity contribution in [3.8, 4) is 0 Å². The predicted molar refractivity (Wildman–Crippen MR) is 83.2 cm³/mol. The van der Waals surface area contributed by atoms with Crippen LogP contribution < -0.4 is 0 Å². The van der Waals surface area contributed by atoms with Crippen molar-refractivity contribution in [2.75, 3.05) is 0 Å². The molecule has 0 aliphatic heterocycles. The minimum Gasteiger partial charge on any atom is -0.385 e. The van der Waals surface area contributed by atoms with Gasteiger partial charge in [-0.15, -0.1) is 0 Å². The van der Waals surface area contributed by atoms with Crippen LogP contribution in [0.25, 0.3) is 0 Å². The van der Waals surface area contributed by atoms with Crippen molar-refractivity contribution >= 4 is 11.6 Å². The summed E-state index contributed by atoms with van der Waals surface area (Å²) in [6, 6.07) is 14.1. The van der Waals surface area contributed by atoms with Crippen LogP contribution in [0.3, 0.4) is 0 Å². The van der Waals surface area contributed by atoms with Crippen LogP contribution in [0, 0.1) is 0 Å². The predicted octanol–water partition coefficient (Wildman–Crippen LogP) is 4.28. The first-order valence-corrected chi connectivity index (χ1v) is 7.51. The number of halogens is 1. The summed E-state index contributed by atoms with van der Waals surface area (Å²) in [4.78, 5) is 0. The summed E-state index contributed by atoms with van der Waals surface area (Å²) in [5.41, 5.74) is 4.17. The number of hydrogen-bond donors (Lipinski definition) is 1. The Morgan fingerprint density at radius 1 is 1.05 bits per heavy atom. The third kappa shape index (κ3) is 2.74. The minimum atomic E-state index is -0.864. The number of hydrogen-bond acceptors (Lipinski definition) is 1. The highest BCUT2D eigenvalue weighted by Gasteiger charge is 2.24. The lowest BCUT2D eigenvalue weighted by atomic mass is 9.88. The number of aryl methyl sites for hydroxylation is 2. The molecule has 20 heavy (non-hydrogen) atoms. The topological polar surface area (TPSA) is 20.2 Å². The minimum absolute atomic E-state index is 0.627.